The summed E-state index contributed by atoms with van der Waals surface area (Å²) in [7, 11) is 0. The van der Waals surface area contributed by atoms with Gasteiger partial charge in [0.25, 0.3) is 0 Å². The van der Waals surface area contributed by atoms with Crippen molar-refractivity contribution < 1.29 is 0 Å². The molecule has 0 aliphatic carbocycles. The van der Waals surface area contributed by atoms with Crippen molar-refractivity contribution in [1.82, 2.24) is 19.7 Å². The van der Waals surface area contributed by atoms with Crippen molar-refractivity contribution >= 4 is 12.2 Å². The number of nitrogens with one attached hydrogen (secondary N) is 1. The summed E-state index contributed by atoms with van der Waals surface area (Å²) in [6.07, 6.45) is 4.48. The number of benzene rings is 1. The number of aromatic amines is 1. The van der Waals surface area contributed by atoms with Crippen LogP contribution < -0.4 is 0 Å². The number of aromatic nitrogens is 4. The second-order valence-electron chi connectivity index (χ2n) is 4.92. The van der Waals surface area contributed by atoms with Gasteiger partial charge in [-0.05, 0) is 48.8 Å². The molecule has 5 heteroatoms. The van der Waals surface area contributed by atoms with Gasteiger partial charge in [0, 0.05) is 24.5 Å². The SMILES string of the molecule is Cc1ccccc1CCn1c(-c2cccnc2)n[nH]c1=S. The monoisotopic (exact) mass is 296 g/mol. The van der Waals surface area contributed by atoms with E-state index in [1.54, 1.807) is 12.4 Å². The minimum absolute atomic E-state index is 0.641. The molecule has 0 bridgehead atoms. The standard InChI is InChI=1S/C16H16N4S/c1-12-5-2-3-6-13(12)8-10-20-15(18-19-16(20)21)14-7-4-9-17-11-14/h2-7,9,11H,8,10H2,1H3,(H,19,21). The van der Waals surface area contributed by atoms with Crippen LogP contribution in [0.4, 0.5) is 0 Å². The Morgan fingerprint density at radius 1 is 1.19 bits per heavy atom. The third-order valence-corrected chi connectivity index (χ3v) is 3.86. The maximum absolute atomic E-state index is 5.35. The summed E-state index contributed by atoms with van der Waals surface area (Å²) in [5.74, 6) is 0.835. The first-order valence-corrected chi connectivity index (χ1v) is 7.26. The average molecular weight is 296 g/mol. The zero-order valence-electron chi connectivity index (χ0n) is 11.8. The molecule has 0 radical (unpaired) electrons. The topological polar surface area (TPSA) is 46.5 Å². The molecular weight excluding hydrogens is 280 g/mol. The molecule has 0 spiro atoms. The van der Waals surface area contributed by atoms with Crippen LogP contribution in [0.2, 0.25) is 0 Å². The van der Waals surface area contributed by atoms with Crippen LogP contribution in [0.3, 0.4) is 0 Å². The Balaban J connectivity index is 1.88. The molecule has 1 aromatic carbocycles. The van der Waals surface area contributed by atoms with E-state index in [0.717, 1.165) is 24.4 Å². The van der Waals surface area contributed by atoms with Gasteiger partial charge in [-0.2, -0.15) is 5.10 Å². The van der Waals surface area contributed by atoms with E-state index in [2.05, 4.69) is 46.4 Å². The van der Waals surface area contributed by atoms with Crippen molar-refractivity contribution in [2.75, 3.05) is 0 Å². The van der Waals surface area contributed by atoms with Gasteiger partial charge in [0.1, 0.15) is 0 Å². The normalized spacial score (nSPS) is 10.7. The lowest BCUT2D eigenvalue weighted by molar-refractivity contribution is 0.689. The highest BCUT2D eigenvalue weighted by Gasteiger charge is 2.09. The molecule has 0 saturated heterocycles. The molecule has 2 aromatic heterocycles. The van der Waals surface area contributed by atoms with Crippen LogP contribution in [-0.4, -0.2) is 19.7 Å². The van der Waals surface area contributed by atoms with Crippen LogP contribution in [0.25, 0.3) is 11.4 Å². The van der Waals surface area contributed by atoms with Crippen LogP contribution in [0.15, 0.2) is 48.8 Å². The molecule has 0 aliphatic rings. The molecule has 3 aromatic rings. The zero-order valence-corrected chi connectivity index (χ0v) is 12.6. The van der Waals surface area contributed by atoms with E-state index in [1.165, 1.54) is 11.1 Å². The molecule has 106 valence electrons. The van der Waals surface area contributed by atoms with Crippen molar-refractivity contribution in [3.63, 3.8) is 0 Å². The fourth-order valence-corrected chi connectivity index (χ4v) is 2.59. The van der Waals surface area contributed by atoms with Crippen molar-refractivity contribution in [3.8, 4) is 11.4 Å². The molecule has 0 aliphatic heterocycles. The third-order valence-electron chi connectivity index (χ3n) is 3.54. The van der Waals surface area contributed by atoms with E-state index >= 15 is 0 Å². The Morgan fingerprint density at radius 3 is 2.81 bits per heavy atom. The summed E-state index contributed by atoms with van der Waals surface area (Å²) < 4.78 is 2.67. The first kappa shape index (κ1) is 13.7. The molecule has 3 rings (SSSR count). The highest BCUT2D eigenvalue weighted by Crippen LogP contribution is 2.17. The van der Waals surface area contributed by atoms with E-state index < -0.39 is 0 Å². The number of nitrogens with zero attached hydrogens (tertiary/aromatic N) is 3. The van der Waals surface area contributed by atoms with E-state index in [4.69, 9.17) is 12.2 Å². The van der Waals surface area contributed by atoms with Crippen LogP contribution >= 0.6 is 12.2 Å². The molecule has 1 N–H and O–H groups in total. The highest BCUT2D eigenvalue weighted by molar-refractivity contribution is 7.71. The Bertz CT molecular complexity index is 789. The molecular formula is C16H16N4S. The largest absolute Gasteiger partial charge is 0.300 e. The van der Waals surface area contributed by atoms with E-state index in [0.29, 0.717) is 4.77 Å². The molecule has 0 fully saturated rings. The third kappa shape index (κ3) is 2.92. The van der Waals surface area contributed by atoms with Crippen LogP contribution in [0.1, 0.15) is 11.1 Å². The van der Waals surface area contributed by atoms with E-state index in [9.17, 15) is 0 Å². The Hall–Kier alpha value is -2.27. The maximum Gasteiger partial charge on any atom is 0.195 e. The number of H-pyrrole nitrogens is 1. The summed E-state index contributed by atoms with van der Waals surface area (Å²) in [5, 5.41) is 7.20. The van der Waals surface area contributed by atoms with Crippen LogP contribution in [0, 0.1) is 11.7 Å². The Morgan fingerprint density at radius 2 is 2.05 bits per heavy atom. The molecule has 0 amide bonds. The molecule has 4 nitrogen and oxygen atoms in total. The molecule has 21 heavy (non-hydrogen) atoms. The van der Waals surface area contributed by atoms with Gasteiger partial charge in [-0.3, -0.25) is 14.6 Å². The summed E-state index contributed by atoms with van der Waals surface area (Å²) in [6.45, 7) is 2.93. The summed E-state index contributed by atoms with van der Waals surface area (Å²) in [6, 6.07) is 12.3. The summed E-state index contributed by atoms with van der Waals surface area (Å²) in [5.41, 5.74) is 3.60. The molecule has 0 saturated carbocycles. The highest BCUT2D eigenvalue weighted by atomic mass is 32.1. The molecule has 0 atom stereocenters. The maximum atomic E-state index is 5.35. The van der Waals surface area contributed by atoms with Crippen molar-refractivity contribution in [1.29, 1.82) is 0 Å². The van der Waals surface area contributed by atoms with Gasteiger partial charge in [0.2, 0.25) is 0 Å². The zero-order chi connectivity index (χ0) is 14.7. The number of hydrogen-bond acceptors (Lipinski definition) is 3. The Labute approximate surface area is 128 Å². The van der Waals surface area contributed by atoms with Crippen LogP contribution in [0.5, 0.6) is 0 Å². The van der Waals surface area contributed by atoms with E-state index in [-0.39, 0.29) is 0 Å². The Kier molecular flexibility index (Phi) is 3.92. The van der Waals surface area contributed by atoms with Gasteiger partial charge in [0.05, 0.1) is 0 Å². The summed E-state index contributed by atoms with van der Waals surface area (Å²) >= 11 is 5.35. The lowest BCUT2D eigenvalue weighted by Gasteiger charge is -2.08. The first-order valence-electron chi connectivity index (χ1n) is 6.86. The van der Waals surface area contributed by atoms with Crippen molar-refractivity contribution in [2.24, 2.45) is 0 Å². The van der Waals surface area contributed by atoms with Gasteiger partial charge in [-0.1, -0.05) is 24.3 Å². The second-order valence-corrected chi connectivity index (χ2v) is 5.31. The molecule has 0 unspecified atom stereocenters. The minimum Gasteiger partial charge on any atom is -0.300 e. The number of pyridine rings is 1. The van der Waals surface area contributed by atoms with Crippen molar-refractivity contribution in [2.45, 2.75) is 19.9 Å². The van der Waals surface area contributed by atoms with Crippen molar-refractivity contribution in [3.05, 3.63) is 64.7 Å². The molecule has 2 heterocycles. The number of rotatable bonds is 4. The fraction of sp³-hybridized carbons (Fsp3) is 0.188. The second kappa shape index (κ2) is 6.01. The van der Waals surface area contributed by atoms with Gasteiger partial charge in [0.15, 0.2) is 10.6 Å². The van der Waals surface area contributed by atoms with Crippen LogP contribution in [-0.2, 0) is 13.0 Å². The van der Waals surface area contributed by atoms with Gasteiger partial charge < -0.3 is 0 Å². The lowest BCUT2D eigenvalue weighted by atomic mass is 10.1. The average Bonchev–Trinajstić information content (AvgIpc) is 2.88. The predicted molar refractivity (Wildman–Crippen MR) is 85.5 cm³/mol. The quantitative estimate of drug-likeness (QED) is 0.749. The lowest BCUT2D eigenvalue weighted by Crippen LogP contribution is -2.05. The van der Waals surface area contributed by atoms with Gasteiger partial charge in [-0.25, -0.2) is 0 Å². The minimum atomic E-state index is 0.641. The number of aryl methyl sites for hydroxylation is 2. The van der Waals surface area contributed by atoms with E-state index in [1.807, 2.05) is 16.7 Å². The van der Waals surface area contributed by atoms with Gasteiger partial charge in [-0.15, -0.1) is 0 Å². The first-order chi connectivity index (χ1) is 10.3. The number of hydrogen-bond donors (Lipinski definition) is 1. The smallest absolute Gasteiger partial charge is 0.195 e. The predicted octanol–water partition coefficient (Wildman–Crippen LogP) is 3.55. The summed E-state index contributed by atoms with van der Waals surface area (Å²) in [4.78, 5) is 4.14. The fourth-order valence-electron chi connectivity index (χ4n) is 2.36. The van der Waals surface area contributed by atoms with Gasteiger partial charge >= 0.3 is 0 Å².